The van der Waals surface area contributed by atoms with Gasteiger partial charge in [-0.2, -0.15) is 5.26 Å². The molecule has 7 heteroatoms. The minimum Gasteiger partial charge on any atom is -0.496 e. The summed E-state index contributed by atoms with van der Waals surface area (Å²) in [5, 5.41) is 11.2. The monoisotopic (exact) mass is 492 g/mol. The third-order valence-corrected chi connectivity index (χ3v) is 7.30. The van der Waals surface area contributed by atoms with E-state index in [0.29, 0.717) is 39.5 Å². The number of hydrogen-bond donors (Lipinski definition) is 0. The van der Waals surface area contributed by atoms with E-state index in [1.54, 1.807) is 7.11 Å². The summed E-state index contributed by atoms with van der Waals surface area (Å²) < 4.78 is 26.5. The lowest BCUT2D eigenvalue weighted by atomic mass is 9.71. The van der Waals surface area contributed by atoms with Crippen molar-refractivity contribution in [2.75, 3.05) is 14.2 Å². The Morgan fingerprint density at radius 1 is 1.00 bits per heavy atom. The molecule has 0 fully saturated rings. The lowest BCUT2D eigenvalue weighted by Crippen LogP contribution is -2.49. The molecule has 2 aliphatic rings. The van der Waals surface area contributed by atoms with Crippen LogP contribution >= 0.6 is 0 Å². The minimum atomic E-state index is -1.69. The van der Waals surface area contributed by atoms with Gasteiger partial charge in [0.15, 0.2) is 0 Å². The Morgan fingerprint density at radius 3 is 2.35 bits per heavy atom. The zero-order valence-electron chi connectivity index (χ0n) is 20.6. The molecule has 0 radical (unpaired) electrons. The van der Waals surface area contributed by atoms with Crippen LogP contribution in [0.15, 0.2) is 84.4 Å². The predicted octanol–water partition coefficient (Wildman–Crippen LogP) is 5.27. The van der Waals surface area contributed by atoms with E-state index in [4.69, 9.17) is 18.9 Å². The Morgan fingerprint density at radius 2 is 1.70 bits per heavy atom. The number of hydrogen-bond acceptors (Lipinski definition) is 6. The molecule has 2 aliphatic heterocycles. The summed E-state index contributed by atoms with van der Waals surface area (Å²) in [5.41, 5.74) is 1.43. The summed E-state index contributed by atoms with van der Waals surface area (Å²) in [5.74, 6) is -0.0663. The van der Waals surface area contributed by atoms with Crippen LogP contribution in [-0.2, 0) is 26.9 Å². The van der Waals surface area contributed by atoms with Crippen LogP contribution in [-0.4, -0.2) is 24.8 Å². The quantitative estimate of drug-likeness (QED) is 0.361. The van der Waals surface area contributed by atoms with Crippen molar-refractivity contribution in [2.45, 2.75) is 11.7 Å². The van der Waals surface area contributed by atoms with E-state index >= 15 is 0 Å². The van der Waals surface area contributed by atoms with E-state index in [0.717, 1.165) is 11.1 Å². The van der Waals surface area contributed by atoms with Crippen molar-refractivity contribution in [3.05, 3.63) is 101 Å². The smallest absolute Gasteiger partial charge is 0.356 e. The average molecular weight is 493 g/mol. The van der Waals surface area contributed by atoms with E-state index in [1.807, 2.05) is 90.5 Å². The number of aromatic nitrogens is 1. The van der Waals surface area contributed by atoms with Gasteiger partial charge in [0.25, 0.3) is 0 Å². The molecule has 37 heavy (non-hydrogen) atoms. The molecule has 0 unspecified atom stereocenters. The van der Waals surface area contributed by atoms with Gasteiger partial charge in [0.2, 0.25) is 11.5 Å². The normalized spacial score (nSPS) is 21.9. The molecular weight excluding hydrogens is 468 g/mol. The Kier molecular flexibility index (Phi) is 5.20. The lowest BCUT2D eigenvalue weighted by molar-refractivity contribution is -0.171. The van der Waals surface area contributed by atoms with Crippen LogP contribution in [0.4, 0.5) is 0 Å². The van der Waals surface area contributed by atoms with Crippen molar-refractivity contribution in [1.82, 2.24) is 4.57 Å². The molecule has 4 aromatic rings. The zero-order valence-corrected chi connectivity index (χ0v) is 20.6. The third kappa shape index (κ3) is 3.02. The fourth-order valence-corrected chi connectivity index (χ4v) is 5.72. The van der Waals surface area contributed by atoms with E-state index < -0.39 is 23.6 Å². The number of aryl methyl sites for hydroxylation is 1. The molecular formula is C30H24N2O5. The molecule has 3 atom stereocenters. The van der Waals surface area contributed by atoms with E-state index in [1.165, 1.54) is 7.11 Å². The fourth-order valence-electron chi connectivity index (χ4n) is 5.72. The van der Waals surface area contributed by atoms with E-state index in [2.05, 4.69) is 6.07 Å². The number of esters is 1. The first-order valence-corrected chi connectivity index (χ1v) is 11.9. The second-order valence-electron chi connectivity index (χ2n) is 9.07. The van der Waals surface area contributed by atoms with Gasteiger partial charge in [-0.15, -0.1) is 0 Å². The fraction of sp³-hybridized carbons (Fsp3) is 0.200. The highest BCUT2D eigenvalue weighted by atomic mass is 16.6. The number of nitriles is 1. The van der Waals surface area contributed by atoms with Gasteiger partial charge in [-0.05, 0) is 17.7 Å². The maximum atomic E-state index is 14.0. The molecule has 0 aliphatic carbocycles. The SMILES string of the molecule is COC(=O)[C@@]12OC(c3ccccc3)=C(C#N)[C@@H]1[C@@H](c1ccccc1)Oc1c2c2c(OC)cccc2n1C. The summed E-state index contributed by atoms with van der Waals surface area (Å²) in [6.45, 7) is 0. The molecule has 0 saturated heterocycles. The van der Waals surface area contributed by atoms with Gasteiger partial charge in [0.05, 0.1) is 48.2 Å². The Labute approximate surface area is 214 Å². The third-order valence-electron chi connectivity index (χ3n) is 7.30. The number of fused-ring (bicyclic) bond motifs is 5. The summed E-state index contributed by atoms with van der Waals surface area (Å²) in [7, 11) is 4.79. The first-order chi connectivity index (χ1) is 18.1. The molecule has 3 heterocycles. The lowest BCUT2D eigenvalue weighted by Gasteiger charge is -2.41. The number of rotatable bonds is 4. The van der Waals surface area contributed by atoms with Crippen LogP contribution in [0, 0.1) is 17.2 Å². The maximum absolute atomic E-state index is 14.0. The van der Waals surface area contributed by atoms with Crippen molar-refractivity contribution in [3.8, 4) is 17.7 Å². The minimum absolute atomic E-state index is 0.322. The molecule has 7 nitrogen and oxygen atoms in total. The molecule has 0 spiro atoms. The molecule has 0 N–H and O–H groups in total. The van der Waals surface area contributed by atoms with Gasteiger partial charge < -0.3 is 23.5 Å². The number of benzene rings is 3. The average Bonchev–Trinajstić information content (AvgIpc) is 3.46. The standard InChI is InChI=1S/C30H24N2O5/c1-32-21-15-10-16-22(34-2)23(21)25-28(32)36-27(19-13-8-5-9-14-19)24-20(17-31)26(18-11-6-4-7-12-18)37-30(24,25)29(33)35-3/h4-16,24,27H,1-3H3/t24-,27-,30-/m1/s1. The largest absolute Gasteiger partial charge is 0.496 e. The molecule has 6 rings (SSSR count). The van der Waals surface area contributed by atoms with Crippen molar-refractivity contribution >= 4 is 22.6 Å². The second kappa shape index (κ2) is 8.45. The van der Waals surface area contributed by atoms with Crippen LogP contribution in [0.5, 0.6) is 11.6 Å². The number of ether oxygens (including phenoxy) is 4. The number of carbonyl (C=O) groups excluding carboxylic acids is 1. The topological polar surface area (TPSA) is 82.7 Å². The van der Waals surface area contributed by atoms with Crippen molar-refractivity contribution in [2.24, 2.45) is 13.0 Å². The number of carbonyl (C=O) groups is 1. The first-order valence-electron chi connectivity index (χ1n) is 11.9. The van der Waals surface area contributed by atoms with Crippen LogP contribution in [0.25, 0.3) is 16.7 Å². The molecule has 0 saturated carbocycles. The highest BCUT2D eigenvalue weighted by Gasteiger charge is 2.66. The van der Waals surface area contributed by atoms with Gasteiger partial charge in [-0.25, -0.2) is 4.79 Å². The van der Waals surface area contributed by atoms with Crippen molar-refractivity contribution in [3.63, 3.8) is 0 Å². The summed E-state index contributed by atoms with van der Waals surface area (Å²) in [6, 6.07) is 26.9. The summed E-state index contributed by atoms with van der Waals surface area (Å²) in [6.07, 6.45) is -0.697. The Bertz CT molecular complexity index is 1600. The van der Waals surface area contributed by atoms with Gasteiger partial charge >= 0.3 is 5.97 Å². The van der Waals surface area contributed by atoms with Crippen molar-refractivity contribution in [1.29, 1.82) is 5.26 Å². The highest BCUT2D eigenvalue weighted by molar-refractivity contribution is 6.00. The Hall–Kier alpha value is -4.70. The number of methoxy groups -OCH3 is 2. The summed E-state index contributed by atoms with van der Waals surface area (Å²) in [4.78, 5) is 14.0. The molecule has 0 bridgehead atoms. The molecule has 3 aromatic carbocycles. The molecule has 1 aromatic heterocycles. The van der Waals surface area contributed by atoms with Crippen LogP contribution < -0.4 is 9.47 Å². The second-order valence-corrected chi connectivity index (χ2v) is 9.07. The predicted molar refractivity (Wildman–Crippen MR) is 137 cm³/mol. The van der Waals surface area contributed by atoms with E-state index in [-0.39, 0.29) is 0 Å². The Balaban J connectivity index is 1.75. The van der Waals surface area contributed by atoms with Gasteiger partial charge in [0, 0.05) is 12.6 Å². The highest BCUT2D eigenvalue weighted by Crippen LogP contribution is 2.62. The summed E-state index contributed by atoms with van der Waals surface area (Å²) >= 11 is 0. The first kappa shape index (κ1) is 22.7. The van der Waals surface area contributed by atoms with Crippen LogP contribution in [0.1, 0.15) is 22.8 Å². The van der Waals surface area contributed by atoms with Crippen molar-refractivity contribution < 1.29 is 23.7 Å². The van der Waals surface area contributed by atoms with Gasteiger partial charge in [-0.3, -0.25) is 0 Å². The maximum Gasteiger partial charge on any atom is 0.356 e. The van der Waals surface area contributed by atoms with Crippen LogP contribution in [0.2, 0.25) is 0 Å². The number of nitrogens with zero attached hydrogens (tertiary/aromatic N) is 2. The molecule has 184 valence electrons. The van der Waals surface area contributed by atoms with Gasteiger partial charge in [-0.1, -0.05) is 66.7 Å². The van der Waals surface area contributed by atoms with Gasteiger partial charge in [0.1, 0.15) is 17.6 Å². The zero-order chi connectivity index (χ0) is 25.7. The van der Waals surface area contributed by atoms with Crippen LogP contribution in [0.3, 0.4) is 0 Å². The van der Waals surface area contributed by atoms with E-state index in [9.17, 15) is 10.1 Å². The molecule has 0 amide bonds.